The van der Waals surface area contributed by atoms with Crippen LogP contribution in [0.2, 0.25) is 0 Å². The van der Waals surface area contributed by atoms with Crippen LogP contribution in [0, 0.1) is 12.7 Å². The van der Waals surface area contributed by atoms with Crippen molar-refractivity contribution < 1.29 is 9.13 Å². The summed E-state index contributed by atoms with van der Waals surface area (Å²) in [5, 5.41) is 7.52. The van der Waals surface area contributed by atoms with Crippen molar-refractivity contribution in [2.45, 2.75) is 19.4 Å². The summed E-state index contributed by atoms with van der Waals surface area (Å²) in [6.07, 6.45) is 2.56. The average Bonchev–Trinajstić information content (AvgIpc) is 2.77. The van der Waals surface area contributed by atoms with Gasteiger partial charge >= 0.3 is 0 Å². The lowest BCUT2D eigenvalue weighted by molar-refractivity contribution is 0.386. The highest BCUT2D eigenvalue weighted by Gasteiger charge is 2.16. The SMILES string of the molecule is CNC(Cc1ccc(OC)c(F)c1)c1cnn(C)c1C. The average molecular weight is 277 g/mol. The Labute approximate surface area is 118 Å². The van der Waals surface area contributed by atoms with E-state index in [0.29, 0.717) is 6.42 Å². The second kappa shape index (κ2) is 6.05. The van der Waals surface area contributed by atoms with Crippen molar-refractivity contribution in [2.75, 3.05) is 14.2 Å². The summed E-state index contributed by atoms with van der Waals surface area (Å²) in [7, 11) is 5.28. The van der Waals surface area contributed by atoms with E-state index in [9.17, 15) is 4.39 Å². The molecule has 4 nitrogen and oxygen atoms in total. The molecule has 0 spiro atoms. The summed E-state index contributed by atoms with van der Waals surface area (Å²) < 4.78 is 20.5. The van der Waals surface area contributed by atoms with Gasteiger partial charge in [0, 0.05) is 24.3 Å². The third kappa shape index (κ3) is 2.82. The molecule has 2 aromatic rings. The van der Waals surface area contributed by atoms with E-state index in [2.05, 4.69) is 10.4 Å². The van der Waals surface area contributed by atoms with Crippen LogP contribution in [-0.2, 0) is 13.5 Å². The maximum Gasteiger partial charge on any atom is 0.165 e. The topological polar surface area (TPSA) is 39.1 Å². The van der Waals surface area contributed by atoms with E-state index >= 15 is 0 Å². The monoisotopic (exact) mass is 277 g/mol. The highest BCUT2D eigenvalue weighted by molar-refractivity contribution is 5.31. The molecule has 0 aliphatic carbocycles. The van der Waals surface area contributed by atoms with E-state index in [-0.39, 0.29) is 17.6 Å². The van der Waals surface area contributed by atoms with Crippen LogP contribution in [0.4, 0.5) is 4.39 Å². The van der Waals surface area contributed by atoms with Gasteiger partial charge in [0.2, 0.25) is 0 Å². The fourth-order valence-corrected chi connectivity index (χ4v) is 2.30. The van der Waals surface area contributed by atoms with E-state index in [4.69, 9.17) is 4.74 Å². The second-order valence-corrected chi connectivity index (χ2v) is 4.82. The Hall–Kier alpha value is -1.88. The highest BCUT2D eigenvalue weighted by Crippen LogP contribution is 2.24. The number of aryl methyl sites for hydroxylation is 1. The number of rotatable bonds is 5. The Balaban J connectivity index is 2.22. The fourth-order valence-electron chi connectivity index (χ4n) is 2.30. The molecule has 5 heteroatoms. The molecule has 1 atom stereocenters. The van der Waals surface area contributed by atoms with Gasteiger partial charge in [-0.3, -0.25) is 4.68 Å². The Morgan fingerprint density at radius 1 is 1.45 bits per heavy atom. The molecule has 0 fully saturated rings. The summed E-state index contributed by atoms with van der Waals surface area (Å²) in [4.78, 5) is 0. The third-order valence-corrected chi connectivity index (χ3v) is 3.65. The second-order valence-electron chi connectivity index (χ2n) is 4.82. The largest absolute Gasteiger partial charge is 0.494 e. The van der Waals surface area contributed by atoms with Crippen molar-refractivity contribution in [3.8, 4) is 5.75 Å². The van der Waals surface area contributed by atoms with Crippen LogP contribution in [-0.4, -0.2) is 23.9 Å². The van der Waals surface area contributed by atoms with Gasteiger partial charge in [-0.1, -0.05) is 6.07 Å². The number of nitrogens with one attached hydrogen (secondary N) is 1. The van der Waals surface area contributed by atoms with E-state index in [1.807, 2.05) is 38.0 Å². The predicted molar refractivity (Wildman–Crippen MR) is 76.4 cm³/mol. The van der Waals surface area contributed by atoms with Gasteiger partial charge in [0.05, 0.1) is 13.3 Å². The maximum absolute atomic E-state index is 13.7. The number of hydrogen-bond donors (Lipinski definition) is 1. The van der Waals surface area contributed by atoms with Gasteiger partial charge in [-0.15, -0.1) is 0 Å². The molecule has 1 unspecified atom stereocenters. The lowest BCUT2D eigenvalue weighted by Gasteiger charge is -2.16. The molecule has 2 rings (SSSR count). The molecule has 0 saturated heterocycles. The molecule has 108 valence electrons. The summed E-state index contributed by atoms with van der Waals surface area (Å²) in [5.41, 5.74) is 3.16. The van der Waals surface area contributed by atoms with Gasteiger partial charge < -0.3 is 10.1 Å². The quantitative estimate of drug-likeness (QED) is 0.912. The highest BCUT2D eigenvalue weighted by atomic mass is 19.1. The molecule has 0 radical (unpaired) electrons. The van der Waals surface area contributed by atoms with Crippen molar-refractivity contribution in [1.82, 2.24) is 15.1 Å². The Morgan fingerprint density at radius 3 is 2.70 bits per heavy atom. The Bertz CT molecular complexity index is 595. The number of ether oxygens (including phenoxy) is 1. The number of halogens is 1. The zero-order valence-electron chi connectivity index (χ0n) is 12.3. The van der Waals surface area contributed by atoms with E-state index in [0.717, 1.165) is 16.8 Å². The lowest BCUT2D eigenvalue weighted by atomic mass is 9.99. The molecule has 0 bridgehead atoms. The van der Waals surface area contributed by atoms with Crippen LogP contribution >= 0.6 is 0 Å². The first kappa shape index (κ1) is 14.5. The van der Waals surface area contributed by atoms with Crippen LogP contribution in [0.5, 0.6) is 5.75 Å². The van der Waals surface area contributed by atoms with Crippen LogP contribution in [0.25, 0.3) is 0 Å². The normalized spacial score (nSPS) is 12.4. The molecule has 1 N–H and O–H groups in total. The predicted octanol–water partition coefficient (Wildman–Crippen LogP) is 2.38. The van der Waals surface area contributed by atoms with Crippen molar-refractivity contribution in [3.63, 3.8) is 0 Å². The van der Waals surface area contributed by atoms with Gasteiger partial charge in [0.25, 0.3) is 0 Å². The third-order valence-electron chi connectivity index (χ3n) is 3.65. The first-order chi connectivity index (χ1) is 9.56. The molecule has 0 saturated carbocycles. The van der Waals surface area contributed by atoms with Crippen molar-refractivity contribution in [1.29, 1.82) is 0 Å². The number of aromatic nitrogens is 2. The summed E-state index contributed by atoms with van der Waals surface area (Å²) in [5.74, 6) is -0.0601. The molecule has 1 aromatic heterocycles. The van der Waals surface area contributed by atoms with E-state index < -0.39 is 0 Å². The number of likely N-dealkylation sites (N-methyl/N-ethyl adjacent to an activating group) is 1. The van der Waals surface area contributed by atoms with Crippen LogP contribution in [0.3, 0.4) is 0 Å². The zero-order chi connectivity index (χ0) is 14.7. The van der Waals surface area contributed by atoms with Crippen LogP contribution < -0.4 is 10.1 Å². The maximum atomic E-state index is 13.7. The molecular weight excluding hydrogens is 257 g/mol. The lowest BCUT2D eigenvalue weighted by Crippen LogP contribution is -2.19. The molecule has 0 aliphatic rings. The number of benzene rings is 1. The summed E-state index contributed by atoms with van der Waals surface area (Å²) in [6, 6.07) is 5.18. The number of hydrogen-bond acceptors (Lipinski definition) is 3. The van der Waals surface area contributed by atoms with Gasteiger partial charge in [-0.2, -0.15) is 5.10 Å². The molecule has 1 aromatic carbocycles. The Morgan fingerprint density at radius 2 is 2.20 bits per heavy atom. The molecular formula is C15H20FN3O. The molecule has 1 heterocycles. The zero-order valence-corrected chi connectivity index (χ0v) is 12.3. The van der Waals surface area contributed by atoms with Gasteiger partial charge in [-0.05, 0) is 38.1 Å². The minimum absolute atomic E-state index is 0.108. The number of nitrogens with zero attached hydrogens (tertiary/aromatic N) is 2. The first-order valence-corrected chi connectivity index (χ1v) is 6.55. The van der Waals surface area contributed by atoms with Crippen LogP contribution in [0.1, 0.15) is 22.9 Å². The van der Waals surface area contributed by atoms with Crippen LogP contribution in [0.15, 0.2) is 24.4 Å². The van der Waals surface area contributed by atoms with Crippen molar-refractivity contribution in [2.24, 2.45) is 7.05 Å². The minimum Gasteiger partial charge on any atom is -0.494 e. The van der Waals surface area contributed by atoms with Gasteiger partial charge in [0.15, 0.2) is 11.6 Å². The van der Waals surface area contributed by atoms with Crippen molar-refractivity contribution in [3.05, 3.63) is 47.0 Å². The van der Waals surface area contributed by atoms with E-state index in [1.165, 1.54) is 13.2 Å². The number of methoxy groups -OCH3 is 1. The van der Waals surface area contributed by atoms with Gasteiger partial charge in [-0.25, -0.2) is 4.39 Å². The van der Waals surface area contributed by atoms with E-state index in [1.54, 1.807) is 6.07 Å². The first-order valence-electron chi connectivity index (χ1n) is 6.55. The smallest absolute Gasteiger partial charge is 0.165 e. The van der Waals surface area contributed by atoms with Gasteiger partial charge in [0.1, 0.15) is 0 Å². The molecule has 20 heavy (non-hydrogen) atoms. The fraction of sp³-hybridized carbons (Fsp3) is 0.400. The standard InChI is InChI=1S/C15H20FN3O/c1-10-12(9-18-19(10)3)14(17-2)8-11-5-6-15(20-4)13(16)7-11/h5-7,9,14,17H,8H2,1-4H3. The molecule has 0 amide bonds. The summed E-state index contributed by atoms with van der Waals surface area (Å²) in [6.45, 7) is 2.03. The van der Waals surface area contributed by atoms with Crippen molar-refractivity contribution >= 4 is 0 Å². The molecule has 0 aliphatic heterocycles. The summed E-state index contributed by atoms with van der Waals surface area (Å²) >= 11 is 0. The minimum atomic E-state index is -0.331. The Kier molecular flexibility index (Phi) is 4.39.